The summed E-state index contributed by atoms with van der Waals surface area (Å²) in [4.78, 5) is 0. The number of benzene rings is 1. The van der Waals surface area contributed by atoms with Crippen LogP contribution in [-0.4, -0.2) is 9.78 Å². The van der Waals surface area contributed by atoms with E-state index < -0.39 is 11.9 Å². The van der Waals surface area contributed by atoms with Crippen molar-refractivity contribution in [3.8, 4) is 5.69 Å². The zero-order chi connectivity index (χ0) is 13.3. The van der Waals surface area contributed by atoms with E-state index in [0.717, 1.165) is 11.6 Å². The fraction of sp³-hybridized carbons (Fsp3) is 0.250. The molecule has 1 heterocycles. The predicted molar refractivity (Wildman–Crippen MR) is 61.2 cm³/mol. The molecule has 0 aliphatic rings. The maximum atomic E-state index is 12.5. The van der Waals surface area contributed by atoms with Crippen LogP contribution in [0.3, 0.4) is 0 Å². The molecular formula is C12H12F3N3. The monoisotopic (exact) mass is 255 g/mol. The minimum atomic E-state index is -4.44. The van der Waals surface area contributed by atoms with Gasteiger partial charge < -0.3 is 5.73 Å². The molecule has 0 saturated heterocycles. The first-order valence-electron chi connectivity index (χ1n) is 5.37. The van der Waals surface area contributed by atoms with Crippen molar-refractivity contribution in [2.45, 2.75) is 19.1 Å². The normalized spacial score (nSPS) is 13.6. The van der Waals surface area contributed by atoms with Crippen LogP contribution in [0.25, 0.3) is 5.69 Å². The van der Waals surface area contributed by atoms with Gasteiger partial charge in [0.25, 0.3) is 0 Å². The molecule has 2 aromatic rings. The molecule has 96 valence electrons. The largest absolute Gasteiger partial charge is 0.435 e. The van der Waals surface area contributed by atoms with Crippen molar-refractivity contribution in [1.82, 2.24) is 9.78 Å². The molecule has 0 spiro atoms. The molecule has 0 amide bonds. The third-order valence-electron chi connectivity index (χ3n) is 2.55. The molecule has 6 heteroatoms. The lowest BCUT2D eigenvalue weighted by Crippen LogP contribution is -2.11. The van der Waals surface area contributed by atoms with Crippen LogP contribution in [0.2, 0.25) is 0 Å². The second kappa shape index (κ2) is 4.45. The van der Waals surface area contributed by atoms with Crippen LogP contribution in [0.15, 0.2) is 36.5 Å². The van der Waals surface area contributed by atoms with E-state index in [-0.39, 0.29) is 6.04 Å². The molecular weight excluding hydrogens is 243 g/mol. The highest BCUT2D eigenvalue weighted by Crippen LogP contribution is 2.28. The first-order chi connectivity index (χ1) is 8.39. The number of para-hydroxylation sites is 1. The maximum absolute atomic E-state index is 12.5. The Labute approximate surface area is 102 Å². The Morgan fingerprint density at radius 2 is 1.89 bits per heavy atom. The Morgan fingerprint density at radius 1 is 1.22 bits per heavy atom. The molecule has 0 bridgehead atoms. The Kier molecular flexibility index (Phi) is 3.13. The van der Waals surface area contributed by atoms with Crippen LogP contribution in [0.4, 0.5) is 13.2 Å². The highest BCUT2D eigenvalue weighted by Gasteiger charge is 2.33. The first kappa shape index (κ1) is 12.6. The number of halogens is 3. The quantitative estimate of drug-likeness (QED) is 0.896. The summed E-state index contributed by atoms with van der Waals surface area (Å²) >= 11 is 0. The van der Waals surface area contributed by atoms with Crippen molar-refractivity contribution < 1.29 is 13.2 Å². The van der Waals surface area contributed by atoms with E-state index in [2.05, 4.69) is 5.10 Å². The van der Waals surface area contributed by atoms with Crippen LogP contribution in [0, 0.1) is 0 Å². The van der Waals surface area contributed by atoms with Gasteiger partial charge in [-0.2, -0.15) is 18.3 Å². The number of hydrogen-bond acceptors (Lipinski definition) is 2. The molecule has 2 N–H and O–H groups in total. The fourth-order valence-corrected chi connectivity index (χ4v) is 1.69. The zero-order valence-electron chi connectivity index (χ0n) is 9.65. The van der Waals surface area contributed by atoms with Crippen LogP contribution in [-0.2, 0) is 6.18 Å². The van der Waals surface area contributed by atoms with Gasteiger partial charge in [0.05, 0.1) is 5.69 Å². The van der Waals surface area contributed by atoms with Crippen molar-refractivity contribution in [2.24, 2.45) is 5.73 Å². The summed E-state index contributed by atoms with van der Waals surface area (Å²) < 4.78 is 38.6. The lowest BCUT2D eigenvalue weighted by atomic mass is 10.1. The molecule has 0 aliphatic heterocycles. The van der Waals surface area contributed by atoms with Gasteiger partial charge >= 0.3 is 6.18 Å². The molecule has 18 heavy (non-hydrogen) atoms. The molecule has 1 aromatic carbocycles. The Morgan fingerprint density at radius 3 is 2.44 bits per heavy atom. The summed E-state index contributed by atoms with van der Waals surface area (Å²) in [5.41, 5.74) is 6.17. The van der Waals surface area contributed by atoms with Crippen molar-refractivity contribution in [2.75, 3.05) is 0 Å². The fourth-order valence-electron chi connectivity index (χ4n) is 1.69. The average Bonchev–Trinajstić information content (AvgIpc) is 2.77. The van der Waals surface area contributed by atoms with Gasteiger partial charge in [-0.3, -0.25) is 0 Å². The molecule has 1 unspecified atom stereocenters. The van der Waals surface area contributed by atoms with Crippen LogP contribution >= 0.6 is 0 Å². The van der Waals surface area contributed by atoms with E-state index in [9.17, 15) is 13.2 Å². The van der Waals surface area contributed by atoms with Crippen LogP contribution in [0.1, 0.15) is 24.2 Å². The molecule has 2 rings (SSSR count). The smallest absolute Gasteiger partial charge is 0.324 e. The number of rotatable bonds is 2. The lowest BCUT2D eigenvalue weighted by molar-refractivity contribution is -0.141. The van der Waals surface area contributed by atoms with Gasteiger partial charge in [-0.15, -0.1) is 0 Å². The summed E-state index contributed by atoms with van der Waals surface area (Å²) in [5.74, 6) is 0. The van der Waals surface area contributed by atoms with Gasteiger partial charge in [-0.05, 0) is 24.6 Å². The minimum absolute atomic E-state index is 0.278. The first-order valence-corrected chi connectivity index (χ1v) is 5.37. The van der Waals surface area contributed by atoms with E-state index in [1.165, 1.54) is 10.9 Å². The summed E-state index contributed by atoms with van der Waals surface area (Å²) in [6, 6.07) is 7.64. The van der Waals surface area contributed by atoms with Crippen LogP contribution in [0.5, 0.6) is 0 Å². The van der Waals surface area contributed by atoms with E-state index in [1.54, 1.807) is 31.2 Å². The van der Waals surface area contributed by atoms with Crippen molar-refractivity contribution in [3.05, 3.63) is 47.8 Å². The van der Waals surface area contributed by atoms with Crippen molar-refractivity contribution in [3.63, 3.8) is 0 Å². The van der Waals surface area contributed by atoms with Gasteiger partial charge in [-0.1, -0.05) is 18.2 Å². The molecule has 1 atom stereocenters. The third-order valence-corrected chi connectivity index (χ3v) is 2.55. The SMILES string of the molecule is CC(N)c1ccccc1-n1ccc(C(F)(F)F)n1. The van der Waals surface area contributed by atoms with E-state index >= 15 is 0 Å². The summed E-state index contributed by atoms with van der Waals surface area (Å²) in [6.45, 7) is 1.77. The summed E-state index contributed by atoms with van der Waals surface area (Å²) in [5, 5.41) is 3.53. The number of alkyl halides is 3. The van der Waals surface area contributed by atoms with Gasteiger partial charge in [0.1, 0.15) is 0 Å². The van der Waals surface area contributed by atoms with Gasteiger partial charge in [0, 0.05) is 12.2 Å². The average molecular weight is 255 g/mol. The summed E-state index contributed by atoms with van der Waals surface area (Å²) in [6.07, 6.45) is -3.15. The molecule has 3 nitrogen and oxygen atoms in total. The predicted octanol–water partition coefficient (Wildman–Crippen LogP) is 2.91. The molecule has 0 aliphatic carbocycles. The highest BCUT2D eigenvalue weighted by molar-refractivity contribution is 5.42. The second-order valence-electron chi connectivity index (χ2n) is 3.99. The maximum Gasteiger partial charge on any atom is 0.435 e. The topological polar surface area (TPSA) is 43.8 Å². The minimum Gasteiger partial charge on any atom is -0.324 e. The number of nitrogens with two attached hydrogens (primary N) is 1. The molecule has 0 fully saturated rings. The third kappa shape index (κ3) is 2.38. The zero-order valence-corrected chi connectivity index (χ0v) is 9.65. The second-order valence-corrected chi connectivity index (χ2v) is 3.99. The highest BCUT2D eigenvalue weighted by atomic mass is 19.4. The van der Waals surface area contributed by atoms with Crippen LogP contribution < -0.4 is 5.73 Å². The molecule has 1 aromatic heterocycles. The Hall–Kier alpha value is -1.82. The number of hydrogen-bond donors (Lipinski definition) is 1. The Balaban J connectivity index is 2.47. The van der Waals surface area contributed by atoms with E-state index in [4.69, 9.17) is 5.73 Å². The Bertz CT molecular complexity index is 543. The van der Waals surface area contributed by atoms with Crippen molar-refractivity contribution in [1.29, 1.82) is 0 Å². The van der Waals surface area contributed by atoms with Crippen molar-refractivity contribution >= 4 is 0 Å². The standard InChI is InChI=1S/C12H12F3N3/c1-8(16)9-4-2-3-5-10(9)18-7-6-11(17-18)12(13,14)15/h2-8H,16H2,1H3. The lowest BCUT2D eigenvalue weighted by Gasteiger charge is -2.12. The molecule has 0 radical (unpaired) electrons. The van der Waals surface area contributed by atoms with E-state index in [1.807, 2.05) is 0 Å². The number of aromatic nitrogens is 2. The van der Waals surface area contributed by atoms with E-state index in [0.29, 0.717) is 5.69 Å². The van der Waals surface area contributed by atoms with Gasteiger partial charge in [-0.25, -0.2) is 4.68 Å². The molecule has 0 saturated carbocycles. The van der Waals surface area contributed by atoms with Gasteiger partial charge in [0.2, 0.25) is 0 Å². The summed E-state index contributed by atoms with van der Waals surface area (Å²) in [7, 11) is 0. The number of nitrogens with zero attached hydrogens (tertiary/aromatic N) is 2. The van der Waals surface area contributed by atoms with Gasteiger partial charge in [0.15, 0.2) is 5.69 Å².